The zero-order valence-corrected chi connectivity index (χ0v) is 20.2. The van der Waals surface area contributed by atoms with E-state index in [-0.39, 0.29) is 0 Å². The van der Waals surface area contributed by atoms with Crippen LogP contribution >= 0.6 is 0 Å². The summed E-state index contributed by atoms with van der Waals surface area (Å²) in [7, 11) is -3.73. The third-order valence-electron chi connectivity index (χ3n) is 6.60. The summed E-state index contributed by atoms with van der Waals surface area (Å²) in [5.41, 5.74) is 1.49. The first kappa shape index (κ1) is 23.7. The molecule has 1 saturated heterocycles. The summed E-state index contributed by atoms with van der Waals surface area (Å²) < 4.78 is 32.7. The van der Waals surface area contributed by atoms with Gasteiger partial charge in [0, 0.05) is 38.8 Å². The molecule has 1 aliphatic heterocycles. The van der Waals surface area contributed by atoms with Gasteiger partial charge in [0.05, 0.1) is 0 Å². The Labute approximate surface area is 195 Å². The third kappa shape index (κ3) is 5.55. The van der Waals surface area contributed by atoms with Crippen LogP contribution < -0.4 is 10.2 Å². The highest BCUT2D eigenvalue weighted by Gasteiger charge is 2.40. The molecule has 1 aliphatic carbocycles. The SMILES string of the molecule is Cc1cccc(N2CCN(S(=O)(=O)CC(=O)NC3(c4noc(C)n4)CCCCCC3)CC2)c1. The highest BCUT2D eigenvalue weighted by Crippen LogP contribution is 2.34. The Morgan fingerprint density at radius 1 is 1.09 bits per heavy atom. The van der Waals surface area contributed by atoms with Crippen molar-refractivity contribution in [2.75, 3.05) is 36.8 Å². The number of benzene rings is 1. The lowest BCUT2D eigenvalue weighted by Gasteiger charge is -2.36. The van der Waals surface area contributed by atoms with E-state index in [4.69, 9.17) is 4.52 Å². The van der Waals surface area contributed by atoms with E-state index in [1.54, 1.807) is 6.92 Å². The van der Waals surface area contributed by atoms with Crippen LogP contribution in [0.4, 0.5) is 5.69 Å². The number of anilines is 1. The summed E-state index contributed by atoms with van der Waals surface area (Å²) in [6.07, 6.45) is 5.32. The maximum absolute atomic E-state index is 13.0. The van der Waals surface area contributed by atoms with Gasteiger partial charge in [-0.1, -0.05) is 43.0 Å². The van der Waals surface area contributed by atoms with Crippen LogP contribution in [-0.2, 0) is 20.4 Å². The summed E-state index contributed by atoms with van der Waals surface area (Å²) in [6, 6.07) is 8.19. The van der Waals surface area contributed by atoms with Crippen molar-refractivity contribution in [1.82, 2.24) is 19.8 Å². The maximum Gasteiger partial charge on any atom is 0.237 e. The monoisotopic (exact) mass is 475 g/mol. The standard InChI is InChI=1S/C23H33N5O4S/c1-18-8-7-9-20(16-18)27-12-14-28(15-13-27)33(30,31)17-21(29)25-23(10-5-3-4-6-11-23)22-24-19(2)32-26-22/h7-9,16H,3-6,10-15,17H2,1-2H3,(H,25,29). The molecular formula is C23H33N5O4S. The zero-order chi connectivity index (χ0) is 23.5. The van der Waals surface area contributed by atoms with Crippen molar-refractivity contribution in [2.24, 2.45) is 0 Å². The molecule has 9 nitrogen and oxygen atoms in total. The van der Waals surface area contributed by atoms with Crippen LogP contribution in [0.2, 0.25) is 0 Å². The molecule has 0 atom stereocenters. The van der Waals surface area contributed by atoms with Gasteiger partial charge >= 0.3 is 0 Å². The van der Waals surface area contributed by atoms with Crippen LogP contribution in [0.1, 0.15) is 55.8 Å². The van der Waals surface area contributed by atoms with Gasteiger partial charge < -0.3 is 14.7 Å². The van der Waals surface area contributed by atoms with E-state index in [9.17, 15) is 13.2 Å². The minimum Gasteiger partial charge on any atom is -0.369 e. The quantitative estimate of drug-likeness (QED) is 0.640. The first-order valence-electron chi connectivity index (χ1n) is 11.7. The van der Waals surface area contributed by atoms with Crippen molar-refractivity contribution < 1.29 is 17.7 Å². The summed E-state index contributed by atoms with van der Waals surface area (Å²) in [4.78, 5) is 19.5. The molecular weight excluding hydrogens is 442 g/mol. The van der Waals surface area contributed by atoms with Gasteiger partial charge in [0.2, 0.25) is 21.8 Å². The fourth-order valence-electron chi connectivity index (χ4n) is 4.84. The average Bonchev–Trinajstić information content (AvgIpc) is 3.09. The van der Waals surface area contributed by atoms with Crippen molar-refractivity contribution in [3.8, 4) is 0 Å². The van der Waals surface area contributed by atoms with Gasteiger partial charge in [-0.2, -0.15) is 9.29 Å². The molecule has 1 saturated carbocycles. The number of aromatic nitrogens is 2. The summed E-state index contributed by atoms with van der Waals surface area (Å²) in [5, 5.41) is 7.07. The van der Waals surface area contributed by atoms with Crippen molar-refractivity contribution in [2.45, 2.75) is 57.9 Å². The number of hydrogen-bond donors (Lipinski definition) is 1. The minimum atomic E-state index is -3.73. The van der Waals surface area contributed by atoms with Gasteiger partial charge in [-0.15, -0.1) is 0 Å². The number of carbonyl (C=O) groups excluding carboxylic acids is 1. The van der Waals surface area contributed by atoms with Gasteiger partial charge in [0.15, 0.2) is 5.82 Å². The second kappa shape index (κ2) is 9.80. The van der Waals surface area contributed by atoms with Crippen LogP contribution in [0.15, 0.2) is 28.8 Å². The molecule has 1 aromatic heterocycles. The van der Waals surface area contributed by atoms with Crippen molar-refractivity contribution >= 4 is 21.6 Å². The first-order chi connectivity index (χ1) is 15.8. The molecule has 2 heterocycles. The fourth-order valence-corrected chi connectivity index (χ4v) is 6.15. The molecule has 10 heteroatoms. The second-order valence-electron chi connectivity index (χ2n) is 9.16. The molecule has 1 N–H and O–H groups in total. The van der Waals surface area contributed by atoms with Crippen LogP contribution in [0.25, 0.3) is 0 Å². The molecule has 0 radical (unpaired) electrons. The molecule has 4 rings (SSSR count). The molecule has 2 fully saturated rings. The van der Waals surface area contributed by atoms with E-state index < -0.39 is 27.2 Å². The molecule has 2 aliphatic rings. The number of rotatable bonds is 6. The van der Waals surface area contributed by atoms with E-state index >= 15 is 0 Å². The number of piperazine rings is 1. The normalized spacial score (nSPS) is 19.8. The summed E-state index contributed by atoms with van der Waals surface area (Å²) in [5.74, 6) is -0.211. The number of sulfonamides is 1. The number of carbonyl (C=O) groups is 1. The molecule has 0 bridgehead atoms. The van der Waals surface area contributed by atoms with Gasteiger partial charge in [-0.05, 0) is 37.5 Å². The zero-order valence-electron chi connectivity index (χ0n) is 19.4. The lowest BCUT2D eigenvalue weighted by molar-refractivity contribution is -0.121. The fraction of sp³-hybridized carbons (Fsp3) is 0.609. The molecule has 1 aromatic carbocycles. The number of amides is 1. The predicted molar refractivity (Wildman–Crippen MR) is 125 cm³/mol. The van der Waals surface area contributed by atoms with E-state index in [1.807, 2.05) is 25.1 Å². The molecule has 2 aromatic rings. The van der Waals surface area contributed by atoms with Crippen molar-refractivity contribution in [3.63, 3.8) is 0 Å². The Hall–Kier alpha value is -2.46. The van der Waals surface area contributed by atoms with Crippen LogP contribution in [-0.4, -0.2) is 60.7 Å². The molecule has 0 spiro atoms. The Kier molecular flexibility index (Phi) is 7.04. The maximum atomic E-state index is 13.0. The Morgan fingerprint density at radius 3 is 2.39 bits per heavy atom. The predicted octanol–water partition coefficient (Wildman–Crippen LogP) is 2.50. The number of nitrogens with zero attached hydrogens (tertiary/aromatic N) is 4. The van der Waals surface area contributed by atoms with E-state index in [0.717, 1.165) is 31.4 Å². The van der Waals surface area contributed by atoms with Crippen LogP contribution in [0, 0.1) is 13.8 Å². The van der Waals surface area contributed by atoms with E-state index in [1.165, 1.54) is 9.87 Å². The second-order valence-corrected chi connectivity index (χ2v) is 11.1. The number of nitrogens with one attached hydrogen (secondary N) is 1. The molecule has 180 valence electrons. The Morgan fingerprint density at radius 2 is 1.79 bits per heavy atom. The number of aryl methyl sites for hydroxylation is 2. The average molecular weight is 476 g/mol. The minimum absolute atomic E-state index is 0.360. The highest BCUT2D eigenvalue weighted by atomic mass is 32.2. The van der Waals surface area contributed by atoms with Crippen molar-refractivity contribution in [3.05, 3.63) is 41.5 Å². The van der Waals surface area contributed by atoms with E-state index in [0.29, 0.717) is 50.7 Å². The molecule has 0 unspecified atom stereocenters. The molecule has 33 heavy (non-hydrogen) atoms. The lowest BCUT2D eigenvalue weighted by atomic mass is 9.89. The van der Waals surface area contributed by atoms with E-state index in [2.05, 4.69) is 26.4 Å². The summed E-state index contributed by atoms with van der Waals surface area (Å²) >= 11 is 0. The smallest absolute Gasteiger partial charge is 0.237 e. The Balaban J connectivity index is 1.40. The topological polar surface area (TPSA) is 109 Å². The molecule has 1 amide bonds. The lowest BCUT2D eigenvalue weighted by Crippen LogP contribution is -2.53. The van der Waals surface area contributed by atoms with Gasteiger partial charge in [0.25, 0.3) is 0 Å². The van der Waals surface area contributed by atoms with Gasteiger partial charge in [-0.25, -0.2) is 8.42 Å². The largest absolute Gasteiger partial charge is 0.369 e. The van der Waals surface area contributed by atoms with Crippen LogP contribution in [0.5, 0.6) is 0 Å². The van der Waals surface area contributed by atoms with Gasteiger partial charge in [0.1, 0.15) is 11.3 Å². The summed E-state index contributed by atoms with van der Waals surface area (Å²) in [6.45, 7) is 5.66. The number of hydrogen-bond acceptors (Lipinski definition) is 7. The van der Waals surface area contributed by atoms with Gasteiger partial charge in [-0.3, -0.25) is 4.79 Å². The van der Waals surface area contributed by atoms with Crippen LogP contribution in [0.3, 0.4) is 0 Å². The highest BCUT2D eigenvalue weighted by molar-refractivity contribution is 7.89. The third-order valence-corrected chi connectivity index (χ3v) is 8.38. The Bertz CT molecular complexity index is 1070. The first-order valence-corrected chi connectivity index (χ1v) is 13.3. The van der Waals surface area contributed by atoms with Crippen molar-refractivity contribution in [1.29, 1.82) is 0 Å².